The van der Waals surface area contributed by atoms with Crippen LogP contribution in [-0.4, -0.2) is 44.9 Å². The Balaban J connectivity index is 1.85. The van der Waals surface area contributed by atoms with Crippen molar-refractivity contribution in [2.45, 2.75) is 32.7 Å². The molecule has 2 heterocycles. The molecule has 1 fully saturated rings. The maximum absolute atomic E-state index is 12.2. The highest BCUT2D eigenvalue weighted by atomic mass is 16.4. The lowest BCUT2D eigenvalue weighted by atomic mass is 9.95. The average Bonchev–Trinajstić information content (AvgIpc) is 2.74. The van der Waals surface area contributed by atoms with E-state index < -0.39 is 5.97 Å². The zero-order valence-electron chi connectivity index (χ0n) is 12.5. The van der Waals surface area contributed by atoms with Gasteiger partial charge in [0.15, 0.2) is 0 Å². The predicted octanol–water partition coefficient (Wildman–Crippen LogP) is 1.12. The topological polar surface area (TPSA) is 87.5 Å². The number of carboxylic acid groups (broad SMARTS) is 1. The van der Waals surface area contributed by atoms with Gasteiger partial charge in [-0.3, -0.25) is 9.48 Å². The molecule has 1 unspecified atom stereocenters. The fraction of sp³-hybridized carbons (Fsp3) is 0.643. The van der Waals surface area contributed by atoms with Gasteiger partial charge in [0.25, 0.3) is 0 Å². The Hall–Kier alpha value is -2.05. The lowest BCUT2D eigenvalue weighted by molar-refractivity contribution is -0.138. The van der Waals surface area contributed by atoms with Crippen molar-refractivity contribution < 1.29 is 14.7 Å². The monoisotopic (exact) mass is 294 g/mol. The van der Waals surface area contributed by atoms with Crippen molar-refractivity contribution in [1.29, 1.82) is 0 Å². The van der Waals surface area contributed by atoms with Crippen molar-refractivity contribution >= 4 is 12.0 Å². The van der Waals surface area contributed by atoms with Crippen molar-refractivity contribution in [3.8, 4) is 0 Å². The molecule has 2 N–H and O–H groups in total. The number of carbonyl (C=O) groups excluding carboxylic acids is 1. The number of aromatic nitrogens is 2. The Morgan fingerprint density at radius 2 is 2.29 bits per heavy atom. The normalized spacial score (nSPS) is 18.6. The van der Waals surface area contributed by atoms with Crippen molar-refractivity contribution in [3.63, 3.8) is 0 Å². The van der Waals surface area contributed by atoms with Crippen LogP contribution in [0.4, 0.5) is 4.79 Å². The molecular formula is C14H22N4O3. The van der Waals surface area contributed by atoms with Gasteiger partial charge in [0, 0.05) is 44.9 Å². The van der Waals surface area contributed by atoms with Gasteiger partial charge in [-0.25, -0.2) is 4.79 Å². The molecule has 2 amide bonds. The number of nitrogens with one attached hydrogen (secondary N) is 1. The second kappa shape index (κ2) is 6.60. The Kier molecular flexibility index (Phi) is 4.82. The summed E-state index contributed by atoms with van der Waals surface area (Å²) in [6, 6.07) is -0.131. The van der Waals surface area contributed by atoms with Crippen LogP contribution in [-0.2, 0) is 18.4 Å². The molecule has 0 bridgehead atoms. The predicted molar refractivity (Wildman–Crippen MR) is 76.7 cm³/mol. The molecule has 1 aliphatic rings. The number of rotatable bonds is 4. The van der Waals surface area contributed by atoms with E-state index in [0.717, 1.165) is 24.1 Å². The Bertz CT molecular complexity index is 526. The summed E-state index contributed by atoms with van der Waals surface area (Å²) in [4.78, 5) is 24.6. The van der Waals surface area contributed by atoms with E-state index >= 15 is 0 Å². The molecule has 1 aromatic heterocycles. The van der Waals surface area contributed by atoms with Gasteiger partial charge in [0.2, 0.25) is 0 Å². The van der Waals surface area contributed by atoms with Crippen LogP contribution in [0.25, 0.3) is 0 Å². The van der Waals surface area contributed by atoms with Crippen LogP contribution in [0.2, 0.25) is 0 Å². The number of aryl methyl sites for hydroxylation is 2. The highest BCUT2D eigenvalue weighted by Gasteiger charge is 2.25. The van der Waals surface area contributed by atoms with E-state index in [9.17, 15) is 9.59 Å². The summed E-state index contributed by atoms with van der Waals surface area (Å²) < 4.78 is 1.72. The van der Waals surface area contributed by atoms with Crippen LogP contribution in [0, 0.1) is 12.8 Å². The molecule has 1 saturated heterocycles. The van der Waals surface area contributed by atoms with E-state index in [-0.39, 0.29) is 18.4 Å². The van der Waals surface area contributed by atoms with Crippen molar-refractivity contribution in [3.05, 3.63) is 17.5 Å². The Morgan fingerprint density at radius 3 is 2.90 bits per heavy atom. The maximum Gasteiger partial charge on any atom is 0.317 e. The molecule has 0 spiro atoms. The van der Waals surface area contributed by atoms with E-state index in [1.807, 2.05) is 20.2 Å². The molecule has 1 aliphatic heterocycles. The number of aliphatic carboxylic acids is 1. The summed E-state index contributed by atoms with van der Waals surface area (Å²) in [7, 11) is 1.85. The molecule has 0 saturated carbocycles. The molecule has 1 atom stereocenters. The van der Waals surface area contributed by atoms with E-state index in [0.29, 0.717) is 19.6 Å². The van der Waals surface area contributed by atoms with Crippen LogP contribution in [0.15, 0.2) is 6.20 Å². The van der Waals surface area contributed by atoms with Gasteiger partial charge < -0.3 is 15.3 Å². The lowest BCUT2D eigenvalue weighted by Crippen LogP contribution is -2.45. The molecule has 7 heteroatoms. The van der Waals surface area contributed by atoms with E-state index in [1.54, 1.807) is 9.58 Å². The second-order valence-corrected chi connectivity index (χ2v) is 5.62. The number of nitrogens with zero attached hydrogens (tertiary/aromatic N) is 3. The Labute approximate surface area is 123 Å². The summed E-state index contributed by atoms with van der Waals surface area (Å²) in [6.07, 6.45) is 3.75. The van der Waals surface area contributed by atoms with E-state index in [2.05, 4.69) is 10.4 Å². The molecular weight excluding hydrogens is 272 g/mol. The summed E-state index contributed by atoms with van der Waals surface area (Å²) in [6.45, 7) is 3.56. The zero-order chi connectivity index (χ0) is 15.4. The molecule has 1 aromatic rings. The van der Waals surface area contributed by atoms with Crippen molar-refractivity contribution in [2.75, 3.05) is 13.1 Å². The highest BCUT2D eigenvalue weighted by Crippen LogP contribution is 2.19. The minimum absolute atomic E-state index is 0.0575. The molecule has 2 rings (SSSR count). The number of carbonyl (C=O) groups is 2. The van der Waals surface area contributed by atoms with Gasteiger partial charge in [-0.15, -0.1) is 0 Å². The number of likely N-dealkylation sites (tertiary alicyclic amines) is 1. The second-order valence-electron chi connectivity index (χ2n) is 5.62. The lowest BCUT2D eigenvalue weighted by Gasteiger charge is -2.32. The smallest absolute Gasteiger partial charge is 0.317 e. The third kappa shape index (κ3) is 4.21. The number of piperidine rings is 1. The minimum atomic E-state index is -0.798. The first kappa shape index (κ1) is 15.3. The van der Waals surface area contributed by atoms with Crippen LogP contribution in [0.5, 0.6) is 0 Å². The average molecular weight is 294 g/mol. The zero-order valence-corrected chi connectivity index (χ0v) is 12.5. The fourth-order valence-electron chi connectivity index (χ4n) is 2.77. The van der Waals surface area contributed by atoms with Gasteiger partial charge in [-0.05, 0) is 25.7 Å². The van der Waals surface area contributed by atoms with Crippen LogP contribution in [0.1, 0.15) is 30.5 Å². The fourth-order valence-corrected chi connectivity index (χ4v) is 2.77. The van der Waals surface area contributed by atoms with Gasteiger partial charge in [0.1, 0.15) is 0 Å². The third-order valence-electron chi connectivity index (χ3n) is 3.81. The van der Waals surface area contributed by atoms with E-state index in [4.69, 9.17) is 5.11 Å². The van der Waals surface area contributed by atoms with Crippen LogP contribution in [0.3, 0.4) is 0 Å². The quantitative estimate of drug-likeness (QED) is 0.871. The Morgan fingerprint density at radius 1 is 1.52 bits per heavy atom. The largest absolute Gasteiger partial charge is 0.481 e. The summed E-state index contributed by atoms with van der Waals surface area (Å²) in [5.74, 6) is -0.740. The van der Waals surface area contributed by atoms with Crippen LogP contribution < -0.4 is 5.32 Å². The van der Waals surface area contributed by atoms with Gasteiger partial charge in [-0.1, -0.05) is 0 Å². The van der Waals surface area contributed by atoms with Gasteiger partial charge in [-0.2, -0.15) is 5.10 Å². The summed E-state index contributed by atoms with van der Waals surface area (Å²) >= 11 is 0. The number of carboxylic acids is 1. The number of hydrogen-bond donors (Lipinski definition) is 2. The first-order valence-corrected chi connectivity index (χ1v) is 7.19. The minimum Gasteiger partial charge on any atom is -0.481 e. The maximum atomic E-state index is 12.2. The first-order chi connectivity index (χ1) is 9.95. The number of urea groups is 1. The van der Waals surface area contributed by atoms with Crippen LogP contribution >= 0.6 is 0 Å². The van der Waals surface area contributed by atoms with Gasteiger partial charge >= 0.3 is 12.0 Å². The van der Waals surface area contributed by atoms with Gasteiger partial charge in [0.05, 0.1) is 5.69 Å². The SMILES string of the molecule is Cc1nn(C)cc1CNC(=O)N1CCCC(CC(=O)O)C1. The molecule has 21 heavy (non-hydrogen) atoms. The molecule has 7 nitrogen and oxygen atoms in total. The summed E-state index contributed by atoms with van der Waals surface area (Å²) in [5, 5.41) is 16.0. The first-order valence-electron chi connectivity index (χ1n) is 7.19. The standard InChI is InChI=1S/C14H22N4O3/c1-10-12(9-17(2)16-10)7-15-14(21)18-5-3-4-11(8-18)6-13(19)20/h9,11H,3-8H2,1-2H3,(H,15,21)(H,19,20). The third-order valence-corrected chi connectivity index (χ3v) is 3.81. The summed E-state index contributed by atoms with van der Waals surface area (Å²) in [5.41, 5.74) is 1.89. The molecule has 0 aliphatic carbocycles. The molecule has 0 aromatic carbocycles. The molecule has 116 valence electrons. The van der Waals surface area contributed by atoms with Crippen molar-refractivity contribution in [1.82, 2.24) is 20.0 Å². The number of amides is 2. The molecule has 0 radical (unpaired) electrons. The van der Waals surface area contributed by atoms with Crippen molar-refractivity contribution in [2.24, 2.45) is 13.0 Å². The highest BCUT2D eigenvalue weighted by molar-refractivity contribution is 5.74. The van der Waals surface area contributed by atoms with E-state index in [1.165, 1.54) is 0 Å². The number of hydrogen-bond acceptors (Lipinski definition) is 3.